The number of ether oxygens (including phenoxy) is 1. The molecule has 5 nitrogen and oxygen atoms in total. The van der Waals surface area contributed by atoms with Crippen LogP contribution in [0.3, 0.4) is 0 Å². The van der Waals surface area contributed by atoms with Crippen LogP contribution in [0, 0.1) is 17.0 Å². The van der Waals surface area contributed by atoms with Crippen molar-refractivity contribution >= 4 is 16.5 Å². The summed E-state index contributed by atoms with van der Waals surface area (Å²) >= 11 is 0. The predicted molar refractivity (Wildman–Crippen MR) is 79.8 cm³/mol. The van der Waals surface area contributed by atoms with Crippen molar-refractivity contribution in [2.75, 3.05) is 6.61 Å². The van der Waals surface area contributed by atoms with Crippen molar-refractivity contribution in [3.05, 3.63) is 45.0 Å². The first-order valence-electron chi connectivity index (χ1n) is 6.96. The van der Waals surface area contributed by atoms with E-state index < -0.39 is 5.60 Å². The van der Waals surface area contributed by atoms with Crippen molar-refractivity contribution in [1.82, 2.24) is 0 Å². The number of nitrogens with zero attached hydrogens (tertiary/aromatic N) is 1. The van der Waals surface area contributed by atoms with Crippen LogP contribution in [-0.4, -0.2) is 16.6 Å². The zero-order valence-corrected chi connectivity index (χ0v) is 12.3. The predicted octanol–water partition coefficient (Wildman–Crippen LogP) is 3.22. The molecule has 0 amide bonds. The third-order valence-electron chi connectivity index (χ3n) is 4.14. The number of hydrogen-bond acceptors (Lipinski definition) is 4. The van der Waals surface area contributed by atoms with E-state index in [1.54, 1.807) is 19.9 Å². The van der Waals surface area contributed by atoms with Gasteiger partial charge in [-0.25, -0.2) is 0 Å². The Morgan fingerprint density at radius 3 is 2.76 bits per heavy atom. The number of rotatable bonds is 2. The van der Waals surface area contributed by atoms with Crippen LogP contribution in [0.2, 0.25) is 0 Å². The van der Waals surface area contributed by atoms with E-state index in [4.69, 9.17) is 4.74 Å². The van der Waals surface area contributed by atoms with Gasteiger partial charge in [-0.1, -0.05) is 19.1 Å². The van der Waals surface area contributed by atoms with Gasteiger partial charge in [0.25, 0.3) is 5.69 Å². The van der Waals surface area contributed by atoms with Crippen LogP contribution in [0.15, 0.2) is 18.2 Å². The van der Waals surface area contributed by atoms with Crippen LogP contribution in [0.5, 0.6) is 5.75 Å². The fourth-order valence-electron chi connectivity index (χ4n) is 3.08. The summed E-state index contributed by atoms with van der Waals surface area (Å²) in [6, 6.07) is 5.28. The Morgan fingerprint density at radius 2 is 2.14 bits per heavy atom. The highest BCUT2D eigenvalue weighted by Crippen LogP contribution is 2.46. The van der Waals surface area contributed by atoms with Crippen LogP contribution in [0.1, 0.15) is 30.5 Å². The molecule has 1 atom stereocenters. The smallest absolute Gasteiger partial charge is 0.278 e. The summed E-state index contributed by atoms with van der Waals surface area (Å²) in [4.78, 5) is 11.1. The molecule has 0 saturated heterocycles. The minimum Gasteiger partial charge on any atom is -0.489 e. The van der Waals surface area contributed by atoms with Crippen molar-refractivity contribution in [2.45, 2.75) is 32.8 Å². The van der Waals surface area contributed by atoms with Gasteiger partial charge in [0, 0.05) is 11.5 Å². The second-order valence-corrected chi connectivity index (χ2v) is 5.74. The number of nitro groups is 1. The maximum atomic E-state index is 11.4. The quantitative estimate of drug-likeness (QED) is 0.680. The van der Waals surface area contributed by atoms with Gasteiger partial charge in [0.1, 0.15) is 18.0 Å². The van der Waals surface area contributed by atoms with Gasteiger partial charge in [-0.3, -0.25) is 10.1 Å². The average molecular weight is 287 g/mol. The molecule has 21 heavy (non-hydrogen) atoms. The van der Waals surface area contributed by atoms with E-state index in [1.165, 1.54) is 0 Å². The van der Waals surface area contributed by atoms with Crippen molar-refractivity contribution < 1.29 is 14.8 Å². The summed E-state index contributed by atoms with van der Waals surface area (Å²) in [5.74, 6) is 0.646. The molecule has 3 rings (SSSR count). The second-order valence-electron chi connectivity index (χ2n) is 5.74. The summed E-state index contributed by atoms with van der Waals surface area (Å²) in [6.07, 6.45) is 0.683. The number of nitro benzene ring substituents is 1. The molecule has 1 N–H and O–H groups in total. The lowest BCUT2D eigenvalue weighted by Crippen LogP contribution is -2.33. The summed E-state index contributed by atoms with van der Waals surface area (Å²) in [5, 5.41) is 23.2. The van der Waals surface area contributed by atoms with Crippen LogP contribution >= 0.6 is 0 Å². The Balaban J connectivity index is 2.56. The highest BCUT2D eigenvalue weighted by atomic mass is 16.6. The van der Waals surface area contributed by atoms with Gasteiger partial charge in [0.05, 0.1) is 10.3 Å². The number of aryl methyl sites for hydroxylation is 2. The zero-order chi connectivity index (χ0) is 15.4. The first-order chi connectivity index (χ1) is 9.86. The zero-order valence-electron chi connectivity index (χ0n) is 12.3. The fourth-order valence-corrected chi connectivity index (χ4v) is 3.08. The van der Waals surface area contributed by atoms with Gasteiger partial charge in [0.15, 0.2) is 0 Å². The average Bonchev–Trinajstić information content (AvgIpc) is 2.43. The Morgan fingerprint density at radius 1 is 1.43 bits per heavy atom. The summed E-state index contributed by atoms with van der Waals surface area (Å²) in [6.45, 7) is 5.58. The Kier molecular flexibility index (Phi) is 2.92. The van der Waals surface area contributed by atoms with Gasteiger partial charge in [-0.05, 0) is 37.0 Å². The molecule has 0 radical (unpaired) electrons. The molecule has 2 aromatic carbocycles. The minimum atomic E-state index is -1.14. The Hall–Kier alpha value is -2.14. The standard InChI is InChI=1S/C16H17NO4/c1-4-10-5-6-11-14-13(10)12(17(19)20)7-9(2)15(14)21-8-16(11,3)18/h5-7,18H,4,8H2,1-3H3. The monoisotopic (exact) mass is 287 g/mol. The van der Waals surface area contributed by atoms with Crippen LogP contribution in [0.25, 0.3) is 10.8 Å². The van der Waals surface area contributed by atoms with E-state index in [9.17, 15) is 15.2 Å². The largest absolute Gasteiger partial charge is 0.489 e. The van der Waals surface area contributed by atoms with E-state index >= 15 is 0 Å². The van der Waals surface area contributed by atoms with E-state index in [-0.39, 0.29) is 17.2 Å². The molecule has 1 aliphatic heterocycles. The van der Waals surface area contributed by atoms with Gasteiger partial charge in [-0.15, -0.1) is 0 Å². The molecule has 0 aromatic heterocycles. The van der Waals surface area contributed by atoms with E-state index in [0.717, 1.165) is 11.1 Å². The van der Waals surface area contributed by atoms with Crippen LogP contribution < -0.4 is 4.74 Å². The first-order valence-corrected chi connectivity index (χ1v) is 6.96. The van der Waals surface area contributed by atoms with Crippen molar-refractivity contribution in [3.8, 4) is 5.75 Å². The number of hydrogen-bond donors (Lipinski definition) is 1. The van der Waals surface area contributed by atoms with Crippen molar-refractivity contribution in [3.63, 3.8) is 0 Å². The molecule has 1 heterocycles. The van der Waals surface area contributed by atoms with Crippen LogP contribution in [0.4, 0.5) is 5.69 Å². The molecule has 0 fully saturated rings. The molecule has 5 heteroatoms. The van der Waals surface area contributed by atoms with Gasteiger partial charge in [-0.2, -0.15) is 0 Å². The number of aliphatic hydroxyl groups is 1. The molecule has 0 saturated carbocycles. The molecule has 0 spiro atoms. The normalized spacial score (nSPS) is 20.4. The molecule has 110 valence electrons. The second kappa shape index (κ2) is 4.43. The van der Waals surface area contributed by atoms with Gasteiger partial charge >= 0.3 is 0 Å². The number of benzene rings is 2. The van der Waals surface area contributed by atoms with Crippen molar-refractivity contribution in [2.24, 2.45) is 0 Å². The Labute approximate surface area is 122 Å². The molecule has 1 aliphatic rings. The third kappa shape index (κ3) is 1.88. The lowest BCUT2D eigenvalue weighted by Gasteiger charge is -2.32. The lowest BCUT2D eigenvalue weighted by molar-refractivity contribution is -0.383. The topological polar surface area (TPSA) is 72.6 Å². The number of non-ortho nitro benzene ring substituents is 1. The maximum Gasteiger partial charge on any atom is 0.278 e. The van der Waals surface area contributed by atoms with Crippen LogP contribution in [-0.2, 0) is 12.0 Å². The SMILES string of the molecule is CCc1ccc2c3c(c(C)cc([N+](=O)[O-])c13)OCC2(C)O. The molecular weight excluding hydrogens is 270 g/mol. The minimum absolute atomic E-state index is 0.0752. The molecule has 0 aliphatic carbocycles. The third-order valence-corrected chi connectivity index (χ3v) is 4.14. The molecule has 0 bridgehead atoms. The van der Waals surface area contributed by atoms with E-state index in [1.807, 2.05) is 19.1 Å². The summed E-state index contributed by atoms with van der Waals surface area (Å²) < 4.78 is 5.70. The fraction of sp³-hybridized carbons (Fsp3) is 0.375. The van der Waals surface area contributed by atoms with Gasteiger partial charge in [0.2, 0.25) is 0 Å². The summed E-state index contributed by atoms with van der Waals surface area (Å²) in [5.41, 5.74) is 1.25. The highest BCUT2D eigenvalue weighted by molar-refractivity contribution is 6.02. The van der Waals surface area contributed by atoms with Crippen molar-refractivity contribution in [1.29, 1.82) is 0 Å². The van der Waals surface area contributed by atoms with E-state index in [2.05, 4.69) is 0 Å². The lowest BCUT2D eigenvalue weighted by atomic mass is 9.85. The Bertz CT molecular complexity index is 765. The molecule has 2 aromatic rings. The maximum absolute atomic E-state index is 11.4. The van der Waals surface area contributed by atoms with E-state index in [0.29, 0.717) is 28.5 Å². The highest BCUT2D eigenvalue weighted by Gasteiger charge is 2.35. The molecular formula is C16H17NO4. The summed E-state index contributed by atoms with van der Waals surface area (Å²) in [7, 11) is 0. The first kappa shape index (κ1) is 13.8. The van der Waals surface area contributed by atoms with Gasteiger partial charge < -0.3 is 9.84 Å². The molecule has 1 unspecified atom stereocenters.